The highest BCUT2D eigenvalue weighted by atomic mass is 31.2. The lowest BCUT2D eigenvalue weighted by Gasteiger charge is -2.12. The SMILES string of the molecule is CC(C)c1cnc(-c2ccc(N)c(P(C)(C)=O)c2)nc1. The summed E-state index contributed by atoms with van der Waals surface area (Å²) in [6.07, 6.45) is 3.67. The molecule has 0 amide bonds. The van der Waals surface area contributed by atoms with Crippen LogP contribution in [-0.2, 0) is 4.57 Å². The summed E-state index contributed by atoms with van der Waals surface area (Å²) in [7, 11) is -2.41. The quantitative estimate of drug-likeness (QED) is 0.696. The third kappa shape index (κ3) is 3.07. The Kier molecular flexibility index (Phi) is 3.96. The summed E-state index contributed by atoms with van der Waals surface area (Å²) >= 11 is 0. The maximum atomic E-state index is 12.2. The van der Waals surface area contributed by atoms with Crippen molar-refractivity contribution in [2.75, 3.05) is 19.1 Å². The second kappa shape index (κ2) is 5.37. The summed E-state index contributed by atoms with van der Waals surface area (Å²) in [6, 6.07) is 5.46. The van der Waals surface area contributed by atoms with Gasteiger partial charge < -0.3 is 10.3 Å². The molecular weight excluding hydrogens is 269 g/mol. The number of nitrogens with two attached hydrogens (primary N) is 1. The smallest absolute Gasteiger partial charge is 0.159 e. The molecule has 0 spiro atoms. The molecule has 5 heteroatoms. The van der Waals surface area contributed by atoms with Crippen molar-refractivity contribution in [1.82, 2.24) is 9.97 Å². The van der Waals surface area contributed by atoms with Gasteiger partial charge in [-0.15, -0.1) is 0 Å². The van der Waals surface area contributed by atoms with Gasteiger partial charge in [-0.05, 0) is 43.0 Å². The number of hydrogen-bond acceptors (Lipinski definition) is 4. The van der Waals surface area contributed by atoms with Crippen molar-refractivity contribution in [3.8, 4) is 11.4 Å². The Hall–Kier alpha value is -1.67. The molecule has 20 heavy (non-hydrogen) atoms. The standard InChI is InChI=1S/C15H20N3OP/c1-10(2)12-8-17-15(18-9-12)11-5-6-13(16)14(7-11)20(3,4)19/h5-10H,16H2,1-4H3. The Labute approximate surface area is 119 Å². The zero-order valence-corrected chi connectivity index (χ0v) is 13.2. The summed E-state index contributed by atoms with van der Waals surface area (Å²) in [4.78, 5) is 8.76. The zero-order chi connectivity index (χ0) is 14.9. The number of aromatic nitrogens is 2. The number of benzene rings is 1. The van der Waals surface area contributed by atoms with Crippen LogP contribution in [0.4, 0.5) is 5.69 Å². The van der Waals surface area contributed by atoms with E-state index in [0.29, 0.717) is 22.7 Å². The van der Waals surface area contributed by atoms with E-state index in [2.05, 4.69) is 23.8 Å². The van der Waals surface area contributed by atoms with Gasteiger partial charge in [0, 0.05) is 28.9 Å². The third-order valence-corrected chi connectivity index (χ3v) is 4.75. The fourth-order valence-electron chi connectivity index (χ4n) is 1.93. The first-order valence-corrected chi connectivity index (χ1v) is 9.16. The minimum Gasteiger partial charge on any atom is -0.398 e. The Morgan fingerprint density at radius 3 is 2.25 bits per heavy atom. The van der Waals surface area contributed by atoms with Crippen LogP contribution in [0, 0.1) is 0 Å². The molecule has 1 heterocycles. The monoisotopic (exact) mass is 289 g/mol. The first-order valence-electron chi connectivity index (χ1n) is 6.56. The molecule has 2 rings (SSSR count). The molecule has 0 aliphatic rings. The molecule has 1 aromatic heterocycles. The lowest BCUT2D eigenvalue weighted by molar-refractivity contribution is 0.588. The molecule has 0 bridgehead atoms. The molecule has 4 nitrogen and oxygen atoms in total. The minimum atomic E-state index is -2.41. The van der Waals surface area contributed by atoms with Gasteiger partial charge in [0.2, 0.25) is 0 Å². The second-order valence-electron chi connectivity index (χ2n) is 5.62. The molecule has 2 aromatic rings. The van der Waals surface area contributed by atoms with Gasteiger partial charge in [0.05, 0.1) is 0 Å². The number of nitrogens with zero attached hydrogens (tertiary/aromatic N) is 2. The fraction of sp³-hybridized carbons (Fsp3) is 0.333. The van der Waals surface area contributed by atoms with E-state index in [1.807, 2.05) is 24.5 Å². The first kappa shape index (κ1) is 14.7. The third-order valence-electron chi connectivity index (χ3n) is 3.21. The van der Waals surface area contributed by atoms with Crippen LogP contribution >= 0.6 is 7.14 Å². The van der Waals surface area contributed by atoms with E-state index < -0.39 is 7.14 Å². The fourth-order valence-corrected chi connectivity index (χ4v) is 3.08. The van der Waals surface area contributed by atoms with E-state index in [0.717, 1.165) is 11.1 Å². The highest BCUT2D eigenvalue weighted by Crippen LogP contribution is 2.38. The summed E-state index contributed by atoms with van der Waals surface area (Å²) in [6.45, 7) is 7.63. The number of rotatable bonds is 3. The van der Waals surface area contributed by atoms with Crippen molar-refractivity contribution < 1.29 is 4.57 Å². The van der Waals surface area contributed by atoms with Crippen LogP contribution in [0.2, 0.25) is 0 Å². The second-order valence-corrected chi connectivity index (χ2v) is 8.80. The van der Waals surface area contributed by atoms with E-state index in [1.54, 1.807) is 19.4 Å². The van der Waals surface area contributed by atoms with Gasteiger partial charge in [0.25, 0.3) is 0 Å². The van der Waals surface area contributed by atoms with Gasteiger partial charge >= 0.3 is 0 Å². The molecular formula is C15H20N3OP. The molecule has 0 unspecified atom stereocenters. The molecule has 1 aromatic carbocycles. The van der Waals surface area contributed by atoms with Crippen LogP contribution in [-0.4, -0.2) is 23.3 Å². The van der Waals surface area contributed by atoms with Crippen LogP contribution in [0.15, 0.2) is 30.6 Å². The molecule has 0 radical (unpaired) electrons. The Bertz CT molecular complexity index is 659. The maximum Gasteiger partial charge on any atom is 0.159 e. The van der Waals surface area contributed by atoms with Crippen LogP contribution in [0.1, 0.15) is 25.3 Å². The van der Waals surface area contributed by atoms with Gasteiger partial charge in [-0.3, -0.25) is 0 Å². The van der Waals surface area contributed by atoms with Crippen molar-refractivity contribution in [2.45, 2.75) is 19.8 Å². The maximum absolute atomic E-state index is 12.2. The number of hydrogen-bond donors (Lipinski definition) is 1. The Morgan fingerprint density at radius 2 is 1.75 bits per heavy atom. The largest absolute Gasteiger partial charge is 0.398 e. The molecule has 0 saturated heterocycles. The lowest BCUT2D eigenvalue weighted by Crippen LogP contribution is -2.10. The summed E-state index contributed by atoms with van der Waals surface area (Å²) in [5.74, 6) is 1.03. The highest BCUT2D eigenvalue weighted by Gasteiger charge is 2.16. The van der Waals surface area contributed by atoms with Crippen molar-refractivity contribution in [2.24, 2.45) is 0 Å². The first-order chi connectivity index (χ1) is 9.29. The number of anilines is 1. The van der Waals surface area contributed by atoms with E-state index in [4.69, 9.17) is 5.73 Å². The predicted molar refractivity (Wildman–Crippen MR) is 85.1 cm³/mol. The van der Waals surface area contributed by atoms with E-state index in [9.17, 15) is 4.57 Å². The van der Waals surface area contributed by atoms with Crippen molar-refractivity contribution in [1.29, 1.82) is 0 Å². The van der Waals surface area contributed by atoms with Crippen molar-refractivity contribution in [3.63, 3.8) is 0 Å². The summed E-state index contributed by atoms with van der Waals surface area (Å²) in [5.41, 5.74) is 8.40. The van der Waals surface area contributed by atoms with E-state index >= 15 is 0 Å². The van der Waals surface area contributed by atoms with Gasteiger partial charge in [0.15, 0.2) is 5.82 Å². The van der Waals surface area contributed by atoms with Crippen molar-refractivity contribution in [3.05, 3.63) is 36.2 Å². The molecule has 0 aliphatic carbocycles. The van der Waals surface area contributed by atoms with Crippen LogP contribution in [0.25, 0.3) is 11.4 Å². The summed E-state index contributed by atoms with van der Waals surface area (Å²) in [5, 5.41) is 0.687. The van der Waals surface area contributed by atoms with Gasteiger partial charge in [-0.25, -0.2) is 9.97 Å². The van der Waals surface area contributed by atoms with Gasteiger partial charge in [-0.2, -0.15) is 0 Å². The highest BCUT2D eigenvalue weighted by molar-refractivity contribution is 7.70. The number of nitrogen functional groups attached to an aromatic ring is 1. The molecule has 0 saturated carbocycles. The average Bonchev–Trinajstić information content (AvgIpc) is 2.38. The Morgan fingerprint density at radius 1 is 1.15 bits per heavy atom. The van der Waals surface area contributed by atoms with Crippen LogP contribution < -0.4 is 11.0 Å². The lowest BCUT2D eigenvalue weighted by atomic mass is 10.1. The average molecular weight is 289 g/mol. The molecule has 0 fully saturated rings. The summed E-state index contributed by atoms with van der Waals surface area (Å²) < 4.78 is 12.2. The molecule has 0 aliphatic heterocycles. The topological polar surface area (TPSA) is 68.9 Å². The van der Waals surface area contributed by atoms with E-state index in [1.165, 1.54) is 0 Å². The normalized spacial score (nSPS) is 11.8. The molecule has 0 atom stereocenters. The van der Waals surface area contributed by atoms with E-state index in [-0.39, 0.29) is 0 Å². The molecule has 106 valence electrons. The van der Waals surface area contributed by atoms with Crippen LogP contribution in [0.5, 0.6) is 0 Å². The van der Waals surface area contributed by atoms with Crippen LogP contribution in [0.3, 0.4) is 0 Å². The minimum absolute atomic E-state index is 0.400. The van der Waals surface area contributed by atoms with Gasteiger partial charge in [-0.1, -0.05) is 13.8 Å². The molecule has 2 N–H and O–H groups in total. The Balaban J connectivity index is 2.46. The predicted octanol–water partition coefficient (Wildman–Crippen LogP) is 3.10. The van der Waals surface area contributed by atoms with Gasteiger partial charge in [0.1, 0.15) is 7.14 Å². The zero-order valence-electron chi connectivity index (χ0n) is 12.3. The van der Waals surface area contributed by atoms with Crippen molar-refractivity contribution >= 4 is 18.1 Å².